The van der Waals surface area contributed by atoms with E-state index in [0.29, 0.717) is 37.4 Å². The molecule has 7 heteroatoms. The van der Waals surface area contributed by atoms with Gasteiger partial charge >= 0.3 is 0 Å². The number of aryl methyl sites for hydroxylation is 1. The molecular weight excluding hydrogens is 326 g/mol. The maximum absolute atomic E-state index is 13.0. The highest BCUT2D eigenvalue weighted by Gasteiger charge is 2.35. The Bertz CT molecular complexity index is 783. The summed E-state index contributed by atoms with van der Waals surface area (Å²) in [7, 11) is -3.45. The van der Waals surface area contributed by atoms with Crippen LogP contribution in [0.5, 0.6) is 0 Å². The zero-order valence-electron chi connectivity index (χ0n) is 14.0. The van der Waals surface area contributed by atoms with Gasteiger partial charge in [-0.05, 0) is 42.6 Å². The summed E-state index contributed by atoms with van der Waals surface area (Å²) < 4.78 is 27.7. The smallest absolute Gasteiger partial charge is 0.243 e. The summed E-state index contributed by atoms with van der Waals surface area (Å²) in [4.78, 5) is 16.5. The number of amides is 1. The second kappa shape index (κ2) is 5.82. The summed E-state index contributed by atoms with van der Waals surface area (Å²) in [6.07, 6.45) is 1.87. The molecule has 0 aliphatic carbocycles. The Balaban J connectivity index is 1.67. The first kappa shape index (κ1) is 16.1. The van der Waals surface area contributed by atoms with Crippen molar-refractivity contribution in [2.24, 2.45) is 0 Å². The molecule has 0 atom stereocenters. The number of nitrogens with zero attached hydrogens (tertiary/aromatic N) is 3. The highest BCUT2D eigenvalue weighted by atomic mass is 32.2. The minimum absolute atomic E-state index is 0.160. The highest BCUT2D eigenvalue weighted by molar-refractivity contribution is 7.89. The molecule has 0 saturated carbocycles. The van der Waals surface area contributed by atoms with E-state index in [2.05, 4.69) is 11.8 Å². The van der Waals surface area contributed by atoms with Gasteiger partial charge in [-0.2, -0.15) is 4.31 Å². The Hall–Kier alpha value is -1.44. The molecule has 1 fully saturated rings. The monoisotopic (exact) mass is 349 g/mol. The molecule has 1 amide bonds. The summed E-state index contributed by atoms with van der Waals surface area (Å²) in [5, 5.41) is 0. The molecule has 24 heavy (non-hydrogen) atoms. The fourth-order valence-corrected chi connectivity index (χ4v) is 5.53. The number of likely N-dealkylation sites (N-methyl/N-ethyl adjacent to an activating group) is 1. The van der Waals surface area contributed by atoms with Crippen molar-refractivity contribution >= 4 is 21.6 Å². The van der Waals surface area contributed by atoms with Gasteiger partial charge < -0.3 is 9.80 Å². The van der Waals surface area contributed by atoms with Crippen LogP contribution in [0.1, 0.15) is 24.5 Å². The van der Waals surface area contributed by atoms with Gasteiger partial charge in [-0.15, -0.1) is 0 Å². The molecule has 0 radical (unpaired) electrons. The molecule has 3 aliphatic heterocycles. The molecule has 0 aromatic heterocycles. The van der Waals surface area contributed by atoms with Crippen LogP contribution in [-0.2, 0) is 27.7 Å². The Morgan fingerprint density at radius 3 is 2.29 bits per heavy atom. The van der Waals surface area contributed by atoms with Crippen molar-refractivity contribution in [3.8, 4) is 0 Å². The van der Waals surface area contributed by atoms with Crippen molar-refractivity contribution in [3.63, 3.8) is 0 Å². The number of anilines is 1. The number of hydrogen-bond donors (Lipinski definition) is 0. The van der Waals surface area contributed by atoms with E-state index in [-0.39, 0.29) is 5.91 Å². The average Bonchev–Trinajstić information content (AvgIpc) is 3.03. The number of piperazine rings is 1. The minimum Gasteiger partial charge on any atom is -0.312 e. The van der Waals surface area contributed by atoms with Crippen LogP contribution in [-0.4, -0.2) is 62.8 Å². The van der Waals surface area contributed by atoms with E-state index in [4.69, 9.17) is 0 Å². The lowest BCUT2D eigenvalue weighted by Crippen LogP contribution is -2.48. The second-order valence-electron chi connectivity index (χ2n) is 6.72. The Morgan fingerprint density at radius 2 is 1.62 bits per heavy atom. The molecule has 4 rings (SSSR count). The highest BCUT2D eigenvalue weighted by Crippen LogP contribution is 2.38. The zero-order valence-corrected chi connectivity index (χ0v) is 14.8. The molecule has 0 spiro atoms. The Labute approximate surface area is 143 Å². The average molecular weight is 349 g/mol. The lowest BCUT2D eigenvalue weighted by atomic mass is 10.00. The number of carbonyl (C=O) groups excluding carboxylic acids is 1. The maximum atomic E-state index is 13.0. The third-order valence-corrected chi connectivity index (χ3v) is 7.32. The summed E-state index contributed by atoms with van der Waals surface area (Å²) in [5.74, 6) is 0.160. The van der Waals surface area contributed by atoms with Crippen LogP contribution in [0.3, 0.4) is 0 Å². The molecule has 1 aromatic rings. The standard InChI is InChI=1S/C17H23N3O3S/c1-2-18-7-9-19(10-8-18)24(22,23)15-11-13-3-4-16(21)20-6-5-14(12-15)17(13)20/h11-12H,2-10H2,1H3. The number of rotatable bonds is 3. The molecule has 3 aliphatic rings. The molecular formula is C17H23N3O3S. The van der Waals surface area contributed by atoms with E-state index >= 15 is 0 Å². The maximum Gasteiger partial charge on any atom is 0.243 e. The van der Waals surface area contributed by atoms with Crippen molar-refractivity contribution in [2.45, 2.75) is 31.1 Å². The van der Waals surface area contributed by atoms with Crippen LogP contribution in [0.4, 0.5) is 5.69 Å². The predicted molar refractivity (Wildman–Crippen MR) is 91.7 cm³/mol. The van der Waals surface area contributed by atoms with Crippen LogP contribution in [0.2, 0.25) is 0 Å². The number of sulfonamides is 1. The SMILES string of the molecule is CCN1CCN(S(=O)(=O)c2cc3c4c(c2)CCN4C(=O)CC3)CC1. The fraction of sp³-hybridized carbons (Fsp3) is 0.588. The number of carbonyl (C=O) groups is 1. The first-order chi connectivity index (χ1) is 11.5. The third-order valence-electron chi connectivity index (χ3n) is 5.44. The lowest BCUT2D eigenvalue weighted by molar-refractivity contribution is -0.118. The van der Waals surface area contributed by atoms with Gasteiger partial charge in [-0.1, -0.05) is 6.92 Å². The minimum atomic E-state index is -3.45. The molecule has 0 bridgehead atoms. The Morgan fingerprint density at radius 1 is 0.958 bits per heavy atom. The van der Waals surface area contributed by atoms with Crippen molar-refractivity contribution < 1.29 is 13.2 Å². The van der Waals surface area contributed by atoms with Crippen LogP contribution in [0.25, 0.3) is 0 Å². The van der Waals surface area contributed by atoms with Crippen molar-refractivity contribution in [1.82, 2.24) is 9.21 Å². The second-order valence-corrected chi connectivity index (χ2v) is 8.66. The third kappa shape index (κ3) is 2.46. The quantitative estimate of drug-likeness (QED) is 0.812. The van der Waals surface area contributed by atoms with E-state index < -0.39 is 10.0 Å². The van der Waals surface area contributed by atoms with Gasteiger partial charge in [-0.25, -0.2) is 8.42 Å². The Kier molecular flexibility index (Phi) is 3.89. The lowest BCUT2D eigenvalue weighted by Gasteiger charge is -2.33. The van der Waals surface area contributed by atoms with Crippen molar-refractivity contribution in [1.29, 1.82) is 0 Å². The largest absolute Gasteiger partial charge is 0.312 e. The first-order valence-corrected chi connectivity index (χ1v) is 10.1. The van der Waals surface area contributed by atoms with E-state index in [1.165, 1.54) is 0 Å². The van der Waals surface area contributed by atoms with Gasteiger partial charge in [-0.3, -0.25) is 4.79 Å². The summed E-state index contributed by atoms with van der Waals surface area (Å²) in [5.41, 5.74) is 2.99. The normalized spacial score (nSPS) is 22.0. The molecule has 1 saturated heterocycles. The van der Waals surface area contributed by atoms with Gasteiger partial charge in [0.05, 0.1) is 10.6 Å². The van der Waals surface area contributed by atoms with Crippen molar-refractivity contribution in [3.05, 3.63) is 23.3 Å². The fourth-order valence-electron chi connectivity index (χ4n) is 4.01. The first-order valence-electron chi connectivity index (χ1n) is 8.69. The van der Waals surface area contributed by atoms with E-state index in [1.807, 2.05) is 4.90 Å². The summed E-state index contributed by atoms with van der Waals surface area (Å²) in [6.45, 7) is 6.41. The number of benzene rings is 1. The number of hydrogen-bond acceptors (Lipinski definition) is 4. The molecule has 0 unspecified atom stereocenters. The van der Waals surface area contributed by atoms with E-state index in [1.54, 1.807) is 16.4 Å². The van der Waals surface area contributed by atoms with Gasteiger partial charge in [0.1, 0.15) is 0 Å². The molecule has 0 N–H and O–H groups in total. The summed E-state index contributed by atoms with van der Waals surface area (Å²) >= 11 is 0. The van der Waals surface area contributed by atoms with Crippen molar-refractivity contribution in [2.75, 3.05) is 44.2 Å². The van der Waals surface area contributed by atoms with Gasteiger partial charge in [0, 0.05) is 39.1 Å². The molecule has 130 valence electrons. The predicted octanol–water partition coefficient (Wildman–Crippen LogP) is 0.848. The molecule has 1 aromatic carbocycles. The van der Waals surface area contributed by atoms with Crippen LogP contribution in [0, 0.1) is 0 Å². The van der Waals surface area contributed by atoms with Gasteiger partial charge in [0.2, 0.25) is 15.9 Å². The van der Waals surface area contributed by atoms with Gasteiger partial charge in [0.15, 0.2) is 0 Å². The van der Waals surface area contributed by atoms with Crippen LogP contribution < -0.4 is 4.90 Å². The summed E-state index contributed by atoms with van der Waals surface area (Å²) in [6, 6.07) is 3.59. The van der Waals surface area contributed by atoms with Gasteiger partial charge in [0.25, 0.3) is 0 Å². The zero-order chi connectivity index (χ0) is 16.9. The van der Waals surface area contributed by atoms with E-state index in [0.717, 1.165) is 42.9 Å². The topological polar surface area (TPSA) is 60.9 Å². The molecule has 6 nitrogen and oxygen atoms in total. The van der Waals surface area contributed by atoms with Crippen LogP contribution in [0.15, 0.2) is 17.0 Å². The van der Waals surface area contributed by atoms with Crippen LogP contribution >= 0.6 is 0 Å². The molecule has 3 heterocycles. The van der Waals surface area contributed by atoms with E-state index in [9.17, 15) is 13.2 Å².